The minimum absolute atomic E-state index is 0.266. The van der Waals surface area contributed by atoms with Crippen molar-refractivity contribution >= 4 is 5.97 Å². The third-order valence-corrected chi connectivity index (χ3v) is 2.83. The Hall–Kier alpha value is -0.650. The van der Waals surface area contributed by atoms with Gasteiger partial charge in [0.05, 0.1) is 13.2 Å². The van der Waals surface area contributed by atoms with Crippen molar-refractivity contribution < 1.29 is 14.6 Å². The first-order valence-corrected chi connectivity index (χ1v) is 5.89. The van der Waals surface area contributed by atoms with Gasteiger partial charge in [-0.05, 0) is 20.0 Å². The van der Waals surface area contributed by atoms with Crippen molar-refractivity contribution in [2.24, 2.45) is 0 Å². The summed E-state index contributed by atoms with van der Waals surface area (Å²) in [7, 11) is 2.04. The fourth-order valence-corrected chi connectivity index (χ4v) is 1.75. The summed E-state index contributed by atoms with van der Waals surface area (Å²) >= 11 is 0. The zero-order chi connectivity index (χ0) is 11.8. The van der Waals surface area contributed by atoms with Crippen LogP contribution in [0.5, 0.6) is 0 Å². The maximum atomic E-state index is 10.3. The van der Waals surface area contributed by atoms with Crippen LogP contribution < -0.4 is 0 Å². The Balaban J connectivity index is 2.00. The molecule has 5 heteroatoms. The fourth-order valence-electron chi connectivity index (χ4n) is 1.75. The van der Waals surface area contributed by atoms with Crippen LogP contribution in [0, 0.1) is 0 Å². The van der Waals surface area contributed by atoms with E-state index in [1.165, 1.54) is 0 Å². The van der Waals surface area contributed by atoms with E-state index in [0.29, 0.717) is 0 Å². The molecule has 0 aromatic carbocycles. The maximum Gasteiger partial charge on any atom is 0.303 e. The van der Waals surface area contributed by atoms with Crippen LogP contribution >= 0.6 is 0 Å². The van der Waals surface area contributed by atoms with Crippen molar-refractivity contribution in [3.05, 3.63) is 0 Å². The normalized spacial score (nSPS) is 17.9. The van der Waals surface area contributed by atoms with Crippen LogP contribution in [0.3, 0.4) is 0 Å². The molecule has 0 atom stereocenters. The summed E-state index contributed by atoms with van der Waals surface area (Å²) in [5, 5.41) is 8.52. The SMILES string of the molecule is CN(CCCC(=O)O)CCN1CCOCC1. The molecule has 94 valence electrons. The monoisotopic (exact) mass is 230 g/mol. The summed E-state index contributed by atoms with van der Waals surface area (Å²) in [5.41, 5.74) is 0. The fraction of sp³-hybridized carbons (Fsp3) is 0.909. The molecule has 0 bridgehead atoms. The first kappa shape index (κ1) is 13.4. The van der Waals surface area contributed by atoms with E-state index in [9.17, 15) is 4.79 Å². The molecule has 1 saturated heterocycles. The number of likely N-dealkylation sites (N-methyl/N-ethyl adjacent to an activating group) is 1. The number of carbonyl (C=O) groups is 1. The Bertz CT molecular complexity index is 205. The molecule has 0 radical (unpaired) electrons. The number of aliphatic carboxylic acids is 1. The number of rotatable bonds is 7. The van der Waals surface area contributed by atoms with Gasteiger partial charge in [-0.2, -0.15) is 0 Å². The van der Waals surface area contributed by atoms with E-state index in [-0.39, 0.29) is 6.42 Å². The minimum atomic E-state index is -0.707. The molecule has 16 heavy (non-hydrogen) atoms. The highest BCUT2D eigenvalue weighted by Gasteiger charge is 2.10. The van der Waals surface area contributed by atoms with Crippen LogP contribution in [0.1, 0.15) is 12.8 Å². The minimum Gasteiger partial charge on any atom is -0.481 e. The quantitative estimate of drug-likeness (QED) is 0.673. The summed E-state index contributed by atoms with van der Waals surface area (Å²) in [4.78, 5) is 14.9. The predicted molar refractivity (Wildman–Crippen MR) is 61.6 cm³/mol. The Morgan fingerprint density at radius 2 is 2.06 bits per heavy atom. The number of carboxylic acids is 1. The summed E-state index contributed by atoms with van der Waals surface area (Å²) < 4.78 is 5.28. The molecule has 1 aliphatic rings. The smallest absolute Gasteiger partial charge is 0.303 e. The van der Waals surface area contributed by atoms with Gasteiger partial charge in [0.1, 0.15) is 0 Å². The van der Waals surface area contributed by atoms with Gasteiger partial charge in [-0.1, -0.05) is 0 Å². The van der Waals surface area contributed by atoms with Crippen molar-refractivity contribution in [1.82, 2.24) is 9.80 Å². The van der Waals surface area contributed by atoms with Crippen LogP contribution in [-0.4, -0.2) is 73.9 Å². The van der Waals surface area contributed by atoms with Crippen molar-refractivity contribution in [3.8, 4) is 0 Å². The zero-order valence-electron chi connectivity index (χ0n) is 10.0. The largest absolute Gasteiger partial charge is 0.481 e. The lowest BCUT2D eigenvalue weighted by Crippen LogP contribution is -2.40. The zero-order valence-corrected chi connectivity index (χ0v) is 10.0. The van der Waals surface area contributed by atoms with Crippen LogP contribution in [0.25, 0.3) is 0 Å². The lowest BCUT2D eigenvalue weighted by Gasteiger charge is -2.28. The number of carboxylic acid groups (broad SMARTS) is 1. The summed E-state index contributed by atoms with van der Waals surface area (Å²) in [5.74, 6) is -0.707. The molecular weight excluding hydrogens is 208 g/mol. The second-order valence-electron chi connectivity index (χ2n) is 4.25. The van der Waals surface area contributed by atoms with Crippen LogP contribution in [0.15, 0.2) is 0 Å². The van der Waals surface area contributed by atoms with Gasteiger partial charge >= 0.3 is 5.97 Å². The van der Waals surface area contributed by atoms with Gasteiger partial charge in [0.25, 0.3) is 0 Å². The van der Waals surface area contributed by atoms with Gasteiger partial charge in [-0.3, -0.25) is 9.69 Å². The standard InChI is InChI=1S/C11H22N2O3/c1-12(4-2-3-11(14)15)5-6-13-7-9-16-10-8-13/h2-10H2,1H3,(H,14,15). The molecule has 5 nitrogen and oxygen atoms in total. The summed E-state index contributed by atoms with van der Waals surface area (Å²) in [6, 6.07) is 0. The molecule has 1 N–H and O–H groups in total. The van der Waals surface area contributed by atoms with E-state index < -0.39 is 5.97 Å². The van der Waals surface area contributed by atoms with E-state index in [2.05, 4.69) is 9.80 Å². The summed E-state index contributed by atoms with van der Waals surface area (Å²) in [6.07, 6.45) is 0.997. The molecule has 0 spiro atoms. The van der Waals surface area contributed by atoms with E-state index >= 15 is 0 Å². The highest BCUT2D eigenvalue weighted by Crippen LogP contribution is 1.98. The Labute approximate surface area is 97.0 Å². The maximum absolute atomic E-state index is 10.3. The molecule has 0 aliphatic carbocycles. The van der Waals surface area contributed by atoms with Crippen molar-refractivity contribution in [2.45, 2.75) is 12.8 Å². The van der Waals surface area contributed by atoms with E-state index in [1.54, 1.807) is 0 Å². The second kappa shape index (κ2) is 7.60. The van der Waals surface area contributed by atoms with Gasteiger partial charge < -0.3 is 14.7 Å². The first-order valence-electron chi connectivity index (χ1n) is 5.89. The molecule has 0 amide bonds. The van der Waals surface area contributed by atoms with Gasteiger partial charge in [-0.15, -0.1) is 0 Å². The molecule has 1 heterocycles. The molecule has 1 aliphatic heterocycles. The highest BCUT2D eigenvalue weighted by molar-refractivity contribution is 5.66. The lowest BCUT2D eigenvalue weighted by molar-refractivity contribution is -0.137. The molecule has 0 aromatic rings. The average Bonchev–Trinajstić information content (AvgIpc) is 2.27. The Morgan fingerprint density at radius 3 is 2.69 bits per heavy atom. The van der Waals surface area contributed by atoms with Crippen LogP contribution in [0.2, 0.25) is 0 Å². The molecule has 0 saturated carbocycles. The van der Waals surface area contributed by atoms with Gasteiger partial charge in [0.15, 0.2) is 0 Å². The van der Waals surface area contributed by atoms with Crippen LogP contribution in [-0.2, 0) is 9.53 Å². The number of ether oxygens (including phenoxy) is 1. The third kappa shape index (κ3) is 6.05. The number of hydrogen-bond acceptors (Lipinski definition) is 4. The highest BCUT2D eigenvalue weighted by atomic mass is 16.5. The number of hydrogen-bond donors (Lipinski definition) is 1. The van der Waals surface area contributed by atoms with Crippen molar-refractivity contribution in [2.75, 3.05) is 53.0 Å². The first-order chi connectivity index (χ1) is 7.68. The van der Waals surface area contributed by atoms with Gasteiger partial charge in [-0.25, -0.2) is 0 Å². The van der Waals surface area contributed by atoms with E-state index in [0.717, 1.165) is 52.4 Å². The lowest BCUT2D eigenvalue weighted by atomic mass is 10.3. The predicted octanol–water partition coefficient (Wildman–Crippen LogP) is 0.115. The van der Waals surface area contributed by atoms with Crippen molar-refractivity contribution in [3.63, 3.8) is 0 Å². The number of morpholine rings is 1. The molecule has 1 rings (SSSR count). The molecule has 0 unspecified atom stereocenters. The van der Waals surface area contributed by atoms with Gasteiger partial charge in [0, 0.05) is 32.6 Å². The Morgan fingerprint density at radius 1 is 1.38 bits per heavy atom. The average molecular weight is 230 g/mol. The van der Waals surface area contributed by atoms with E-state index in [1.807, 2.05) is 7.05 Å². The molecule has 0 aromatic heterocycles. The van der Waals surface area contributed by atoms with Gasteiger partial charge in [0.2, 0.25) is 0 Å². The van der Waals surface area contributed by atoms with E-state index in [4.69, 9.17) is 9.84 Å². The molecular formula is C11H22N2O3. The van der Waals surface area contributed by atoms with Crippen LogP contribution in [0.4, 0.5) is 0 Å². The molecule has 1 fully saturated rings. The Kier molecular flexibility index (Phi) is 6.37. The summed E-state index contributed by atoms with van der Waals surface area (Å²) in [6.45, 7) is 6.61. The second-order valence-corrected chi connectivity index (χ2v) is 4.25. The topological polar surface area (TPSA) is 53.0 Å². The van der Waals surface area contributed by atoms with Crippen molar-refractivity contribution in [1.29, 1.82) is 0 Å². The third-order valence-electron chi connectivity index (χ3n) is 2.83. The number of nitrogens with zero attached hydrogens (tertiary/aromatic N) is 2.